The maximum atomic E-state index is 13.2. The summed E-state index contributed by atoms with van der Waals surface area (Å²) in [4.78, 5) is 32.3. The van der Waals surface area contributed by atoms with Crippen LogP contribution in [0.5, 0.6) is 0 Å². The standard InChI is InChI=1S/C26H22N4O4/c1-15-11-12-17-10-7-13-29-21(17)22(15)30-23(26(32)34-3)20(25(31)33-2)19(18(14-27)24(30)28)16-8-5-4-6-9-16/h4-13,19H,28H2,1-3H3. The van der Waals surface area contributed by atoms with E-state index in [1.54, 1.807) is 36.5 Å². The van der Waals surface area contributed by atoms with E-state index in [2.05, 4.69) is 11.1 Å². The number of allylic oxidation sites excluding steroid dienone is 1. The summed E-state index contributed by atoms with van der Waals surface area (Å²) in [5.74, 6) is -2.49. The van der Waals surface area contributed by atoms with Crippen LogP contribution in [0.15, 0.2) is 83.5 Å². The molecule has 1 aliphatic rings. The number of fused-ring (bicyclic) bond motifs is 1. The van der Waals surface area contributed by atoms with Crippen LogP contribution in [-0.4, -0.2) is 31.1 Å². The van der Waals surface area contributed by atoms with Gasteiger partial charge >= 0.3 is 11.9 Å². The molecule has 1 aliphatic heterocycles. The Morgan fingerprint density at radius 3 is 2.38 bits per heavy atom. The third-order valence-corrected chi connectivity index (χ3v) is 5.78. The molecule has 0 amide bonds. The number of pyridine rings is 1. The van der Waals surface area contributed by atoms with Gasteiger partial charge in [0.1, 0.15) is 11.5 Å². The third kappa shape index (κ3) is 3.53. The molecule has 0 radical (unpaired) electrons. The second kappa shape index (κ2) is 9.08. The lowest BCUT2D eigenvalue weighted by atomic mass is 9.80. The van der Waals surface area contributed by atoms with Crippen molar-refractivity contribution >= 4 is 28.5 Å². The smallest absolute Gasteiger partial charge is 0.355 e. The molecular weight excluding hydrogens is 432 g/mol. The summed E-state index contributed by atoms with van der Waals surface area (Å²) in [6, 6.07) is 18.4. The first kappa shape index (κ1) is 22.6. The van der Waals surface area contributed by atoms with Crippen LogP contribution in [0.4, 0.5) is 5.69 Å². The maximum absolute atomic E-state index is 13.2. The van der Waals surface area contributed by atoms with Crippen LogP contribution in [0.1, 0.15) is 17.0 Å². The molecule has 1 atom stereocenters. The zero-order chi connectivity index (χ0) is 24.4. The number of carbonyl (C=O) groups excluding carboxylic acids is 2. The van der Waals surface area contributed by atoms with E-state index >= 15 is 0 Å². The van der Waals surface area contributed by atoms with Gasteiger partial charge in [0.15, 0.2) is 0 Å². The van der Waals surface area contributed by atoms with E-state index in [0.717, 1.165) is 10.9 Å². The normalized spacial score (nSPS) is 15.8. The Bertz CT molecular complexity index is 1400. The van der Waals surface area contributed by atoms with Crippen molar-refractivity contribution < 1.29 is 19.1 Å². The molecule has 4 rings (SSSR count). The van der Waals surface area contributed by atoms with Crippen molar-refractivity contribution in [2.45, 2.75) is 12.8 Å². The van der Waals surface area contributed by atoms with Gasteiger partial charge < -0.3 is 15.2 Å². The van der Waals surface area contributed by atoms with Gasteiger partial charge in [-0.3, -0.25) is 9.88 Å². The number of methoxy groups -OCH3 is 2. The molecule has 2 heterocycles. The number of esters is 2. The van der Waals surface area contributed by atoms with Crippen LogP contribution in [-0.2, 0) is 19.1 Å². The van der Waals surface area contributed by atoms with Crippen molar-refractivity contribution in [1.29, 1.82) is 5.26 Å². The van der Waals surface area contributed by atoms with E-state index in [0.29, 0.717) is 16.8 Å². The van der Waals surface area contributed by atoms with Gasteiger partial charge in [-0.1, -0.05) is 48.5 Å². The number of hydrogen-bond acceptors (Lipinski definition) is 8. The van der Waals surface area contributed by atoms with Crippen molar-refractivity contribution in [3.63, 3.8) is 0 Å². The molecule has 170 valence electrons. The highest BCUT2D eigenvalue weighted by Gasteiger charge is 2.43. The minimum atomic E-state index is -0.924. The van der Waals surface area contributed by atoms with Crippen molar-refractivity contribution in [3.8, 4) is 6.07 Å². The molecule has 8 heteroatoms. The number of aryl methyl sites for hydroxylation is 1. The van der Waals surface area contributed by atoms with Gasteiger partial charge in [-0.2, -0.15) is 5.26 Å². The van der Waals surface area contributed by atoms with Gasteiger partial charge in [-0.05, 0) is 24.1 Å². The van der Waals surface area contributed by atoms with Crippen LogP contribution < -0.4 is 10.6 Å². The monoisotopic (exact) mass is 454 g/mol. The Morgan fingerprint density at radius 2 is 1.74 bits per heavy atom. The van der Waals surface area contributed by atoms with Gasteiger partial charge in [-0.15, -0.1) is 0 Å². The van der Waals surface area contributed by atoms with E-state index in [-0.39, 0.29) is 22.7 Å². The third-order valence-electron chi connectivity index (χ3n) is 5.78. The molecule has 0 fully saturated rings. The Morgan fingerprint density at radius 1 is 1.03 bits per heavy atom. The van der Waals surface area contributed by atoms with Gasteiger partial charge in [0.2, 0.25) is 0 Å². The molecule has 0 aliphatic carbocycles. The average molecular weight is 454 g/mol. The van der Waals surface area contributed by atoms with E-state index in [9.17, 15) is 14.9 Å². The number of rotatable bonds is 4. The largest absolute Gasteiger partial charge is 0.466 e. The molecule has 34 heavy (non-hydrogen) atoms. The van der Waals surface area contributed by atoms with E-state index in [4.69, 9.17) is 15.2 Å². The van der Waals surface area contributed by atoms with Gasteiger partial charge in [-0.25, -0.2) is 9.59 Å². The Kier molecular flexibility index (Phi) is 6.02. The van der Waals surface area contributed by atoms with Crippen LogP contribution in [0.2, 0.25) is 0 Å². The predicted octanol–water partition coefficient (Wildman–Crippen LogP) is 3.44. The Labute approximate surface area is 196 Å². The van der Waals surface area contributed by atoms with Gasteiger partial charge in [0, 0.05) is 11.6 Å². The first-order valence-electron chi connectivity index (χ1n) is 10.4. The SMILES string of the molecule is COC(=O)C1=C(C(=O)OC)N(c2c(C)ccc3cccnc23)C(N)=C(C#N)C1c1ccccc1. The van der Waals surface area contributed by atoms with E-state index in [1.807, 2.05) is 31.2 Å². The molecule has 0 bridgehead atoms. The molecule has 2 aromatic carbocycles. The van der Waals surface area contributed by atoms with Crippen molar-refractivity contribution in [3.05, 3.63) is 94.6 Å². The number of ether oxygens (including phenoxy) is 2. The Hall–Kier alpha value is -4.64. The minimum Gasteiger partial charge on any atom is -0.466 e. The molecule has 1 aromatic heterocycles. The fraction of sp³-hybridized carbons (Fsp3) is 0.154. The summed E-state index contributed by atoms with van der Waals surface area (Å²) >= 11 is 0. The first-order chi connectivity index (χ1) is 16.4. The molecule has 8 nitrogen and oxygen atoms in total. The Balaban J connectivity index is 2.16. The summed E-state index contributed by atoms with van der Waals surface area (Å²) in [5, 5.41) is 11.0. The molecule has 0 spiro atoms. The van der Waals surface area contributed by atoms with Gasteiger partial charge in [0.25, 0.3) is 0 Å². The predicted molar refractivity (Wildman–Crippen MR) is 126 cm³/mol. The number of nitrogens with two attached hydrogens (primary N) is 1. The van der Waals surface area contributed by atoms with E-state index in [1.165, 1.54) is 19.1 Å². The number of hydrogen-bond donors (Lipinski definition) is 1. The number of anilines is 1. The van der Waals surface area contributed by atoms with Crippen LogP contribution >= 0.6 is 0 Å². The molecule has 1 unspecified atom stereocenters. The number of nitrogens with zero attached hydrogens (tertiary/aromatic N) is 3. The highest BCUT2D eigenvalue weighted by molar-refractivity contribution is 6.08. The van der Waals surface area contributed by atoms with E-state index < -0.39 is 17.9 Å². The second-order valence-corrected chi connectivity index (χ2v) is 7.64. The lowest BCUT2D eigenvalue weighted by Crippen LogP contribution is -2.41. The summed E-state index contributed by atoms with van der Waals surface area (Å²) in [5.41, 5.74) is 8.89. The number of nitriles is 1. The number of benzene rings is 2. The summed E-state index contributed by atoms with van der Waals surface area (Å²) in [6.45, 7) is 1.83. The number of aromatic nitrogens is 1. The average Bonchev–Trinajstić information content (AvgIpc) is 2.88. The molecule has 0 saturated heterocycles. The lowest BCUT2D eigenvalue weighted by molar-refractivity contribution is -0.139. The summed E-state index contributed by atoms with van der Waals surface area (Å²) in [7, 11) is 2.43. The number of carbonyl (C=O) groups is 2. The van der Waals surface area contributed by atoms with Crippen molar-refractivity contribution in [1.82, 2.24) is 4.98 Å². The summed E-state index contributed by atoms with van der Waals surface area (Å²) < 4.78 is 10.2. The molecule has 0 saturated carbocycles. The highest BCUT2D eigenvalue weighted by atomic mass is 16.5. The zero-order valence-corrected chi connectivity index (χ0v) is 18.9. The zero-order valence-electron chi connectivity index (χ0n) is 18.9. The van der Waals surface area contributed by atoms with Crippen molar-refractivity contribution in [2.24, 2.45) is 5.73 Å². The molecule has 3 aromatic rings. The quantitative estimate of drug-likeness (QED) is 0.596. The fourth-order valence-electron chi connectivity index (χ4n) is 4.26. The maximum Gasteiger partial charge on any atom is 0.355 e. The first-order valence-corrected chi connectivity index (χ1v) is 10.4. The molecular formula is C26H22N4O4. The lowest BCUT2D eigenvalue weighted by Gasteiger charge is -2.36. The van der Waals surface area contributed by atoms with Crippen LogP contribution in [0, 0.1) is 18.3 Å². The van der Waals surface area contributed by atoms with Crippen LogP contribution in [0.25, 0.3) is 10.9 Å². The second-order valence-electron chi connectivity index (χ2n) is 7.64. The van der Waals surface area contributed by atoms with Crippen LogP contribution in [0.3, 0.4) is 0 Å². The topological polar surface area (TPSA) is 119 Å². The summed E-state index contributed by atoms with van der Waals surface area (Å²) in [6.07, 6.45) is 1.62. The fourth-order valence-corrected chi connectivity index (χ4v) is 4.26. The van der Waals surface area contributed by atoms with Gasteiger partial charge in [0.05, 0.1) is 48.6 Å². The highest BCUT2D eigenvalue weighted by Crippen LogP contribution is 2.45. The molecule has 2 N–H and O–H groups in total. The van der Waals surface area contributed by atoms with Crippen molar-refractivity contribution in [2.75, 3.05) is 19.1 Å². The minimum absolute atomic E-state index is 0.00524.